The second kappa shape index (κ2) is 6.34. The van der Waals surface area contributed by atoms with Crippen LogP contribution in [-0.2, 0) is 10.8 Å². The van der Waals surface area contributed by atoms with Crippen molar-refractivity contribution >= 4 is 10.8 Å². The molecule has 0 amide bonds. The molecule has 1 aliphatic rings. The van der Waals surface area contributed by atoms with Crippen LogP contribution in [0.5, 0.6) is 5.75 Å². The molecule has 1 aliphatic heterocycles. The minimum atomic E-state index is -0.731. The van der Waals surface area contributed by atoms with Crippen LogP contribution < -0.4 is 10.1 Å². The van der Waals surface area contributed by atoms with Crippen LogP contribution in [0, 0.1) is 0 Å². The highest BCUT2D eigenvalue weighted by Crippen LogP contribution is 2.28. The molecule has 1 heterocycles. The first kappa shape index (κ1) is 13.6. The summed E-state index contributed by atoms with van der Waals surface area (Å²) in [5.74, 6) is 2.36. The summed E-state index contributed by atoms with van der Waals surface area (Å²) in [6, 6.07) is 8.53. The Bertz CT molecular complexity index is 422. The van der Waals surface area contributed by atoms with Gasteiger partial charge in [0.15, 0.2) is 0 Å². The van der Waals surface area contributed by atoms with Crippen LogP contribution in [0.25, 0.3) is 0 Å². The van der Waals surface area contributed by atoms with E-state index in [4.69, 9.17) is 4.74 Å². The van der Waals surface area contributed by atoms with E-state index in [1.807, 2.05) is 25.1 Å². The number of hydrogen-bond acceptors (Lipinski definition) is 3. The van der Waals surface area contributed by atoms with Crippen LogP contribution in [-0.4, -0.2) is 28.4 Å². The minimum Gasteiger partial charge on any atom is -0.494 e. The number of ether oxygens (including phenoxy) is 1. The molecule has 0 spiro atoms. The Labute approximate surface area is 111 Å². The second-order valence-electron chi connectivity index (χ2n) is 4.57. The molecule has 1 N–H and O–H groups in total. The Morgan fingerprint density at radius 2 is 2.11 bits per heavy atom. The molecule has 1 fully saturated rings. The molecular formula is C14H21NO2S. The van der Waals surface area contributed by atoms with E-state index in [9.17, 15) is 4.21 Å². The van der Waals surface area contributed by atoms with E-state index >= 15 is 0 Å². The van der Waals surface area contributed by atoms with Gasteiger partial charge in [-0.25, -0.2) is 0 Å². The summed E-state index contributed by atoms with van der Waals surface area (Å²) in [6.07, 6.45) is 1.01. The van der Waals surface area contributed by atoms with E-state index in [0.717, 1.165) is 23.5 Å². The van der Waals surface area contributed by atoms with Gasteiger partial charge in [0.05, 0.1) is 6.61 Å². The lowest BCUT2D eigenvalue weighted by Crippen LogP contribution is -2.44. The number of hydrogen-bond donors (Lipinski definition) is 1. The number of benzene rings is 1. The van der Waals surface area contributed by atoms with Gasteiger partial charge < -0.3 is 10.1 Å². The van der Waals surface area contributed by atoms with Crippen molar-refractivity contribution in [3.8, 4) is 5.75 Å². The fourth-order valence-corrected chi connectivity index (χ4v) is 3.89. The second-order valence-corrected chi connectivity index (χ2v) is 6.11. The average Bonchev–Trinajstić information content (AvgIpc) is 2.39. The number of rotatable bonds is 4. The molecule has 3 nitrogen and oxygen atoms in total. The zero-order valence-corrected chi connectivity index (χ0v) is 11.8. The predicted molar refractivity (Wildman–Crippen MR) is 75.4 cm³/mol. The van der Waals surface area contributed by atoms with Gasteiger partial charge in [-0.15, -0.1) is 0 Å². The molecule has 3 unspecified atom stereocenters. The molecule has 0 aliphatic carbocycles. The standard InChI is InChI=1S/C14H21NO2S/c1-3-11-9-18(16)10-13(15-11)12-7-5-6-8-14(12)17-4-2/h5-8,11,13,15H,3-4,9-10H2,1-2H3. The van der Waals surface area contributed by atoms with Crippen molar-refractivity contribution in [2.75, 3.05) is 18.1 Å². The molecule has 0 radical (unpaired) electrons. The van der Waals surface area contributed by atoms with E-state index in [1.165, 1.54) is 0 Å². The van der Waals surface area contributed by atoms with E-state index < -0.39 is 10.8 Å². The summed E-state index contributed by atoms with van der Waals surface area (Å²) in [4.78, 5) is 0. The van der Waals surface area contributed by atoms with Gasteiger partial charge in [0.1, 0.15) is 5.75 Å². The molecule has 0 aromatic heterocycles. The highest BCUT2D eigenvalue weighted by Gasteiger charge is 2.27. The van der Waals surface area contributed by atoms with Crippen LogP contribution in [0.4, 0.5) is 0 Å². The third-order valence-electron chi connectivity index (χ3n) is 3.26. The van der Waals surface area contributed by atoms with Crippen molar-refractivity contribution < 1.29 is 8.95 Å². The predicted octanol–water partition coefficient (Wildman–Crippen LogP) is 2.26. The van der Waals surface area contributed by atoms with E-state index in [2.05, 4.69) is 18.3 Å². The van der Waals surface area contributed by atoms with Gasteiger partial charge in [-0.05, 0) is 19.4 Å². The van der Waals surface area contributed by atoms with Crippen molar-refractivity contribution in [2.45, 2.75) is 32.4 Å². The molecule has 100 valence electrons. The lowest BCUT2D eigenvalue weighted by atomic mass is 10.1. The molecule has 0 bridgehead atoms. The third-order valence-corrected chi connectivity index (χ3v) is 4.74. The van der Waals surface area contributed by atoms with Gasteiger partial charge in [0.25, 0.3) is 0 Å². The zero-order valence-electron chi connectivity index (χ0n) is 11.0. The van der Waals surface area contributed by atoms with Gasteiger partial charge in [0.2, 0.25) is 0 Å². The van der Waals surface area contributed by atoms with Gasteiger partial charge in [-0.2, -0.15) is 0 Å². The van der Waals surface area contributed by atoms with E-state index in [1.54, 1.807) is 0 Å². The Morgan fingerprint density at radius 1 is 1.33 bits per heavy atom. The lowest BCUT2D eigenvalue weighted by molar-refractivity contribution is 0.330. The largest absolute Gasteiger partial charge is 0.494 e. The highest BCUT2D eigenvalue weighted by molar-refractivity contribution is 7.85. The molecule has 3 atom stereocenters. The van der Waals surface area contributed by atoms with Crippen LogP contribution >= 0.6 is 0 Å². The maximum Gasteiger partial charge on any atom is 0.124 e. The van der Waals surface area contributed by atoms with Crippen molar-refractivity contribution in [3.63, 3.8) is 0 Å². The third kappa shape index (κ3) is 3.12. The zero-order chi connectivity index (χ0) is 13.0. The normalized spacial score (nSPS) is 28.0. The Balaban J connectivity index is 2.21. The summed E-state index contributed by atoms with van der Waals surface area (Å²) < 4.78 is 17.6. The number of nitrogens with one attached hydrogen (secondary N) is 1. The van der Waals surface area contributed by atoms with Crippen LogP contribution in [0.3, 0.4) is 0 Å². The van der Waals surface area contributed by atoms with E-state index in [-0.39, 0.29) is 6.04 Å². The van der Waals surface area contributed by atoms with Gasteiger partial charge >= 0.3 is 0 Å². The fraction of sp³-hybridized carbons (Fsp3) is 0.571. The van der Waals surface area contributed by atoms with Crippen LogP contribution in [0.15, 0.2) is 24.3 Å². The minimum absolute atomic E-state index is 0.146. The van der Waals surface area contributed by atoms with E-state index in [0.29, 0.717) is 18.4 Å². The van der Waals surface area contributed by atoms with Gasteiger partial charge in [-0.3, -0.25) is 4.21 Å². The number of para-hydroxylation sites is 1. The molecular weight excluding hydrogens is 246 g/mol. The molecule has 1 saturated heterocycles. The summed E-state index contributed by atoms with van der Waals surface area (Å²) >= 11 is 0. The van der Waals surface area contributed by atoms with Crippen molar-refractivity contribution in [1.82, 2.24) is 5.32 Å². The Kier molecular flexibility index (Phi) is 4.78. The average molecular weight is 267 g/mol. The molecule has 0 saturated carbocycles. The quantitative estimate of drug-likeness (QED) is 0.909. The lowest BCUT2D eigenvalue weighted by Gasteiger charge is -2.31. The van der Waals surface area contributed by atoms with Gasteiger partial charge in [0, 0.05) is 40.0 Å². The first-order chi connectivity index (χ1) is 8.74. The first-order valence-electron chi connectivity index (χ1n) is 6.57. The monoisotopic (exact) mass is 267 g/mol. The van der Waals surface area contributed by atoms with Crippen molar-refractivity contribution in [3.05, 3.63) is 29.8 Å². The van der Waals surface area contributed by atoms with Crippen molar-refractivity contribution in [1.29, 1.82) is 0 Å². The SMILES string of the molecule is CCOc1ccccc1C1CS(=O)CC(CC)N1. The smallest absolute Gasteiger partial charge is 0.124 e. The van der Waals surface area contributed by atoms with Crippen LogP contribution in [0.2, 0.25) is 0 Å². The maximum absolute atomic E-state index is 11.9. The van der Waals surface area contributed by atoms with Crippen molar-refractivity contribution in [2.24, 2.45) is 0 Å². The fourth-order valence-electron chi connectivity index (χ4n) is 2.33. The summed E-state index contributed by atoms with van der Waals surface area (Å²) in [5.41, 5.74) is 1.13. The van der Waals surface area contributed by atoms with Crippen LogP contribution in [0.1, 0.15) is 31.9 Å². The van der Waals surface area contributed by atoms with Gasteiger partial charge in [-0.1, -0.05) is 25.1 Å². The molecule has 1 aromatic rings. The summed E-state index contributed by atoms with van der Waals surface area (Å²) in [6.45, 7) is 4.77. The maximum atomic E-state index is 11.9. The molecule has 2 rings (SSSR count). The topological polar surface area (TPSA) is 38.3 Å². The highest BCUT2D eigenvalue weighted by atomic mass is 32.2. The molecule has 18 heavy (non-hydrogen) atoms. The summed E-state index contributed by atoms with van der Waals surface area (Å²) in [5, 5.41) is 3.58. The first-order valence-corrected chi connectivity index (χ1v) is 8.06. The molecule has 4 heteroatoms. The molecule has 1 aromatic carbocycles. The summed E-state index contributed by atoms with van der Waals surface area (Å²) in [7, 11) is -0.731. The Hall–Kier alpha value is -0.870. The Morgan fingerprint density at radius 3 is 2.83 bits per heavy atom.